The molecule has 0 aliphatic heterocycles. The van der Waals surface area contributed by atoms with Gasteiger partial charge in [0.1, 0.15) is 0 Å². The van der Waals surface area contributed by atoms with Crippen molar-refractivity contribution in [1.29, 1.82) is 0 Å². The summed E-state index contributed by atoms with van der Waals surface area (Å²) in [6.07, 6.45) is 1.69. The highest BCUT2D eigenvalue weighted by Gasteiger charge is 2.21. The van der Waals surface area contributed by atoms with E-state index in [1.165, 1.54) is 0 Å². The summed E-state index contributed by atoms with van der Waals surface area (Å²) in [5.74, 6) is -5.23. The lowest BCUT2D eigenvalue weighted by Gasteiger charge is -2.13. The Labute approximate surface area is 198 Å². The van der Waals surface area contributed by atoms with Crippen LogP contribution in [0, 0.1) is 24.4 Å². The molecule has 0 radical (unpaired) electrons. The number of carbonyl (C=O) groups is 2. The number of aryl methyl sites for hydroxylation is 1. The van der Waals surface area contributed by atoms with E-state index in [-0.39, 0.29) is 0 Å². The third-order valence-corrected chi connectivity index (χ3v) is 5.77. The van der Waals surface area contributed by atoms with Crippen molar-refractivity contribution >= 4 is 29.3 Å². The summed E-state index contributed by atoms with van der Waals surface area (Å²) >= 11 is 1.15. The van der Waals surface area contributed by atoms with Crippen molar-refractivity contribution in [2.75, 3.05) is 11.9 Å². The maximum Gasteiger partial charge on any atom is 0.243 e. The third-order valence-electron chi connectivity index (χ3n) is 4.69. The van der Waals surface area contributed by atoms with Crippen molar-refractivity contribution in [3.63, 3.8) is 0 Å². The fraction of sp³-hybridized carbons (Fsp3) is 0.217. The molecular formula is C23H22F3N5O2S. The minimum atomic E-state index is -1.69. The van der Waals surface area contributed by atoms with Gasteiger partial charge in [-0.05, 0) is 32.0 Å². The fourth-order valence-corrected chi connectivity index (χ4v) is 3.89. The van der Waals surface area contributed by atoms with Crippen LogP contribution in [0.3, 0.4) is 0 Å². The Balaban J connectivity index is 1.63. The van der Waals surface area contributed by atoms with E-state index < -0.39 is 46.7 Å². The molecule has 0 bridgehead atoms. The molecule has 7 nitrogen and oxygen atoms in total. The highest BCUT2D eigenvalue weighted by Crippen LogP contribution is 2.27. The average molecular weight is 490 g/mol. The lowest BCUT2D eigenvalue weighted by atomic mass is 10.1. The van der Waals surface area contributed by atoms with E-state index in [1.807, 2.05) is 35.8 Å². The Morgan fingerprint density at radius 3 is 2.65 bits per heavy atom. The van der Waals surface area contributed by atoms with Crippen LogP contribution in [0.1, 0.15) is 12.5 Å². The topological polar surface area (TPSA) is 88.9 Å². The van der Waals surface area contributed by atoms with E-state index in [2.05, 4.69) is 27.4 Å². The molecule has 1 aromatic heterocycles. The van der Waals surface area contributed by atoms with Crippen LogP contribution in [0.15, 0.2) is 54.2 Å². The molecule has 2 amide bonds. The van der Waals surface area contributed by atoms with Crippen molar-refractivity contribution in [3.05, 3.63) is 72.1 Å². The molecule has 2 aromatic carbocycles. The number of benzene rings is 2. The van der Waals surface area contributed by atoms with Gasteiger partial charge in [0.05, 0.1) is 17.5 Å². The quantitative estimate of drug-likeness (QED) is 0.269. The van der Waals surface area contributed by atoms with Gasteiger partial charge in [0.2, 0.25) is 11.8 Å². The van der Waals surface area contributed by atoms with Gasteiger partial charge in [0.15, 0.2) is 28.4 Å². The van der Waals surface area contributed by atoms with E-state index in [4.69, 9.17) is 0 Å². The second-order valence-electron chi connectivity index (χ2n) is 7.32. The lowest BCUT2D eigenvalue weighted by Crippen LogP contribution is -2.37. The minimum Gasteiger partial charge on any atom is -0.346 e. The molecule has 3 rings (SSSR count). The summed E-state index contributed by atoms with van der Waals surface area (Å²) in [6.45, 7) is 7.30. The Hall–Kier alpha value is -3.60. The van der Waals surface area contributed by atoms with Crippen LogP contribution >= 0.6 is 11.8 Å². The number of hydrogen-bond acceptors (Lipinski definition) is 5. The van der Waals surface area contributed by atoms with Crippen LogP contribution in [0.25, 0.3) is 11.4 Å². The first-order chi connectivity index (χ1) is 16.2. The molecule has 0 fully saturated rings. The van der Waals surface area contributed by atoms with Gasteiger partial charge in [-0.2, -0.15) is 0 Å². The van der Waals surface area contributed by atoms with E-state index in [0.717, 1.165) is 29.0 Å². The van der Waals surface area contributed by atoms with Gasteiger partial charge in [-0.1, -0.05) is 41.6 Å². The van der Waals surface area contributed by atoms with Gasteiger partial charge in [0.25, 0.3) is 0 Å². The molecule has 0 unspecified atom stereocenters. The summed E-state index contributed by atoms with van der Waals surface area (Å²) in [4.78, 5) is 24.5. The number of halogens is 3. The zero-order valence-electron chi connectivity index (χ0n) is 18.4. The second-order valence-corrected chi connectivity index (χ2v) is 8.63. The highest BCUT2D eigenvalue weighted by molar-refractivity contribution is 8.00. The summed E-state index contributed by atoms with van der Waals surface area (Å²) in [6, 6.07) is 9.35. The monoisotopic (exact) mass is 489 g/mol. The number of anilines is 1. The maximum absolute atomic E-state index is 13.7. The van der Waals surface area contributed by atoms with Gasteiger partial charge < -0.3 is 10.6 Å². The summed E-state index contributed by atoms with van der Waals surface area (Å²) in [5, 5.41) is 12.8. The predicted octanol–water partition coefficient (Wildman–Crippen LogP) is 4.09. The second kappa shape index (κ2) is 11.0. The first-order valence-corrected chi connectivity index (χ1v) is 11.1. The summed E-state index contributed by atoms with van der Waals surface area (Å²) in [7, 11) is 0. The number of rotatable bonds is 9. The van der Waals surface area contributed by atoms with Crippen LogP contribution in [0.5, 0.6) is 0 Å². The molecule has 0 saturated heterocycles. The molecule has 1 heterocycles. The van der Waals surface area contributed by atoms with Crippen LogP contribution < -0.4 is 10.6 Å². The normalized spacial score (nSPS) is 11.7. The lowest BCUT2D eigenvalue weighted by molar-refractivity contribution is -0.123. The van der Waals surface area contributed by atoms with Crippen LogP contribution in [-0.4, -0.2) is 38.4 Å². The molecule has 0 saturated carbocycles. The average Bonchev–Trinajstić information content (AvgIpc) is 3.20. The summed E-state index contributed by atoms with van der Waals surface area (Å²) in [5.41, 5.74) is 1.41. The van der Waals surface area contributed by atoms with Crippen molar-refractivity contribution < 1.29 is 22.8 Å². The number of carbonyl (C=O) groups excluding carboxylic acids is 2. The largest absolute Gasteiger partial charge is 0.346 e. The molecule has 0 spiro atoms. The zero-order chi connectivity index (χ0) is 24.8. The molecule has 0 aliphatic carbocycles. The Bertz CT molecular complexity index is 1230. The molecule has 2 N–H and O–H groups in total. The molecule has 0 aliphatic rings. The number of hydrogen-bond donors (Lipinski definition) is 2. The van der Waals surface area contributed by atoms with Crippen molar-refractivity contribution in [2.24, 2.45) is 0 Å². The van der Waals surface area contributed by atoms with E-state index in [9.17, 15) is 22.8 Å². The minimum absolute atomic E-state index is 0.426. The van der Waals surface area contributed by atoms with Gasteiger partial charge in [-0.3, -0.25) is 14.2 Å². The van der Waals surface area contributed by atoms with Crippen molar-refractivity contribution in [1.82, 2.24) is 20.1 Å². The molecule has 3 aromatic rings. The van der Waals surface area contributed by atoms with Gasteiger partial charge >= 0.3 is 0 Å². The number of aromatic nitrogens is 3. The van der Waals surface area contributed by atoms with E-state index in [1.54, 1.807) is 13.0 Å². The molecule has 1 atom stereocenters. The predicted molar refractivity (Wildman–Crippen MR) is 124 cm³/mol. The third kappa shape index (κ3) is 5.84. The van der Waals surface area contributed by atoms with Crippen LogP contribution in [-0.2, 0) is 16.1 Å². The molecule has 11 heteroatoms. The van der Waals surface area contributed by atoms with Gasteiger partial charge in [-0.25, -0.2) is 13.2 Å². The highest BCUT2D eigenvalue weighted by atomic mass is 32.2. The molecule has 34 heavy (non-hydrogen) atoms. The maximum atomic E-state index is 13.7. The first-order valence-electron chi connectivity index (χ1n) is 10.2. The Morgan fingerprint density at radius 2 is 1.94 bits per heavy atom. The number of allylic oxidation sites excluding steroid dienone is 1. The van der Waals surface area contributed by atoms with Crippen LogP contribution in [0.2, 0.25) is 0 Å². The summed E-state index contributed by atoms with van der Waals surface area (Å²) < 4.78 is 41.8. The van der Waals surface area contributed by atoms with Crippen LogP contribution in [0.4, 0.5) is 18.9 Å². The Morgan fingerprint density at radius 1 is 1.18 bits per heavy atom. The number of nitrogens with zero attached hydrogens (tertiary/aromatic N) is 3. The van der Waals surface area contributed by atoms with Gasteiger partial charge in [-0.15, -0.1) is 16.8 Å². The molecular weight excluding hydrogens is 467 g/mol. The Kier molecular flexibility index (Phi) is 8.11. The van der Waals surface area contributed by atoms with Crippen molar-refractivity contribution in [2.45, 2.75) is 30.8 Å². The fourth-order valence-electron chi connectivity index (χ4n) is 3.01. The number of thioether (sulfide) groups is 1. The van der Waals surface area contributed by atoms with Crippen molar-refractivity contribution in [3.8, 4) is 11.4 Å². The zero-order valence-corrected chi connectivity index (χ0v) is 19.3. The number of nitrogens with one attached hydrogen (secondary N) is 2. The first kappa shape index (κ1) is 25.0. The molecule has 178 valence electrons. The van der Waals surface area contributed by atoms with Gasteiger partial charge in [0, 0.05) is 12.1 Å². The smallest absolute Gasteiger partial charge is 0.243 e. The van der Waals surface area contributed by atoms with E-state index >= 15 is 0 Å². The standard InChI is InChI=1S/C23H22F3N5O2S/c1-4-10-31-21(15-7-5-6-13(2)11-15)29-30-23(31)34-14(3)22(33)27-12-18(32)28-17-9-8-16(24)19(25)20(17)26/h4-9,11,14H,1,10,12H2,2-3H3,(H,27,33)(H,28,32)/t14-/m1/s1. The number of amides is 2. The SMILES string of the molecule is C=CCn1c(S[C@H](C)C(=O)NCC(=O)Nc2ccc(F)c(F)c2F)nnc1-c1cccc(C)c1. The van der Waals surface area contributed by atoms with E-state index in [0.29, 0.717) is 23.6 Å².